The predicted octanol–water partition coefficient (Wildman–Crippen LogP) is 2.21. The molecular weight excluding hydrogens is 244 g/mol. The van der Waals surface area contributed by atoms with Crippen molar-refractivity contribution in [2.75, 3.05) is 0 Å². The third kappa shape index (κ3) is 2.18. The van der Waals surface area contributed by atoms with Crippen LogP contribution < -0.4 is 11.3 Å². The molecule has 1 aliphatic carbocycles. The van der Waals surface area contributed by atoms with Gasteiger partial charge in [0, 0.05) is 30.2 Å². The van der Waals surface area contributed by atoms with Crippen LogP contribution in [0.4, 0.5) is 0 Å². The lowest BCUT2D eigenvalue weighted by molar-refractivity contribution is 0.296. The monoisotopic (exact) mass is 264 g/mol. The molecule has 5 heteroatoms. The summed E-state index contributed by atoms with van der Waals surface area (Å²) in [7, 11) is 0. The quantitative estimate of drug-likeness (QED) is 0.657. The second-order valence-corrected chi connectivity index (χ2v) is 6.25. The molecule has 1 saturated carbocycles. The number of imidazole rings is 1. The third-order valence-electron chi connectivity index (χ3n) is 4.23. The first kappa shape index (κ1) is 12.1. The zero-order valence-electron chi connectivity index (χ0n) is 10.7. The lowest BCUT2D eigenvalue weighted by atomic mass is 9.88. The van der Waals surface area contributed by atoms with Gasteiger partial charge in [-0.25, -0.2) is 4.98 Å². The average Bonchev–Trinajstić information content (AvgIpc) is 3.01. The SMILES string of the molecule is CC1CCCC1C(Cc1cn2ccsc2n1)NN. The molecule has 3 atom stereocenters. The largest absolute Gasteiger partial charge is 0.297 e. The second kappa shape index (κ2) is 4.99. The Bertz CT molecular complexity index is 489. The highest BCUT2D eigenvalue weighted by Crippen LogP contribution is 2.34. The summed E-state index contributed by atoms with van der Waals surface area (Å²) in [6.45, 7) is 2.34. The van der Waals surface area contributed by atoms with Crippen molar-refractivity contribution >= 4 is 16.3 Å². The fraction of sp³-hybridized carbons (Fsp3) is 0.615. The van der Waals surface area contributed by atoms with Crippen molar-refractivity contribution in [1.82, 2.24) is 14.8 Å². The Morgan fingerprint density at radius 2 is 2.50 bits per heavy atom. The van der Waals surface area contributed by atoms with Gasteiger partial charge in [0.05, 0.1) is 5.69 Å². The number of nitrogens with zero attached hydrogens (tertiary/aromatic N) is 2. The second-order valence-electron chi connectivity index (χ2n) is 5.37. The third-order valence-corrected chi connectivity index (χ3v) is 5.00. The van der Waals surface area contributed by atoms with Gasteiger partial charge in [-0.05, 0) is 18.3 Å². The highest BCUT2D eigenvalue weighted by atomic mass is 32.1. The van der Waals surface area contributed by atoms with Crippen molar-refractivity contribution < 1.29 is 0 Å². The number of fused-ring (bicyclic) bond motifs is 1. The predicted molar refractivity (Wildman–Crippen MR) is 74.4 cm³/mol. The first-order chi connectivity index (χ1) is 8.78. The lowest BCUT2D eigenvalue weighted by Crippen LogP contribution is -2.43. The molecule has 3 unspecified atom stereocenters. The minimum atomic E-state index is 0.354. The molecule has 4 nitrogen and oxygen atoms in total. The van der Waals surface area contributed by atoms with Gasteiger partial charge in [0.1, 0.15) is 0 Å². The zero-order valence-corrected chi connectivity index (χ0v) is 11.5. The molecular formula is C13H20N4S. The Morgan fingerprint density at radius 1 is 1.61 bits per heavy atom. The number of rotatable bonds is 4. The summed E-state index contributed by atoms with van der Waals surface area (Å²) in [6.07, 6.45) is 9.07. The van der Waals surface area contributed by atoms with E-state index in [2.05, 4.69) is 39.5 Å². The lowest BCUT2D eigenvalue weighted by Gasteiger charge is -2.25. The summed E-state index contributed by atoms with van der Waals surface area (Å²) in [6, 6.07) is 0.354. The van der Waals surface area contributed by atoms with Gasteiger partial charge in [-0.1, -0.05) is 19.8 Å². The Hall–Kier alpha value is -0.910. The minimum absolute atomic E-state index is 0.354. The van der Waals surface area contributed by atoms with Crippen molar-refractivity contribution in [2.45, 2.75) is 38.6 Å². The Balaban J connectivity index is 1.75. The standard InChI is InChI=1S/C13H20N4S/c1-9-3-2-4-11(9)12(16-14)7-10-8-17-5-6-18-13(17)15-10/h5-6,8-9,11-12,16H,2-4,7,14H2,1H3. The van der Waals surface area contributed by atoms with Crippen molar-refractivity contribution in [1.29, 1.82) is 0 Å². The number of nitrogens with one attached hydrogen (secondary N) is 1. The normalized spacial score (nSPS) is 25.9. The molecule has 1 aliphatic rings. The molecule has 0 amide bonds. The van der Waals surface area contributed by atoms with E-state index in [-0.39, 0.29) is 0 Å². The number of aromatic nitrogens is 2. The van der Waals surface area contributed by atoms with Crippen molar-refractivity contribution in [3.63, 3.8) is 0 Å². The molecule has 0 aromatic carbocycles. The van der Waals surface area contributed by atoms with Crippen LogP contribution >= 0.6 is 11.3 Å². The van der Waals surface area contributed by atoms with E-state index >= 15 is 0 Å². The topological polar surface area (TPSA) is 55.3 Å². The van der Waals surface area contributed by atoms with E-state index in [0.29, 0.717) is 12.0 Å². The summed E-state index contributed by atoms with van der Waals surface area (Å²) < 4.78 is 2.09. The molecule has 3 rings (SSSR count). The maximum atomic E-state index is 5.75. The van der Waals surface area contributed by atoms with Crippen LogP contribution in [0.25, 0.3) is 4.96 Å². The van der Waals surface area contributed by atoms with Crippen LogP contribution in [0.1, 0.15) is 31.9 Å². The Morgan fingerprint density at radius 3 is 3.17 bits per heavy atom. The highest BCUT2D eigenvalue weighted by molar-refractivity contribution is 7.15. The van der Waals surface area contributed by atoms with E-state index < -0.39 is 0 Å². The van der Waals surface area contributed by atoms with Gasteiger partial charge in [0.2, 0.25) is 0 Å². The molecule has 3 N–H and O–H groups in total. The van der Waals surface area contributed by atoms with Crippen LogP contribution in [0.2, 0.25) is 0 Å². The summed E-state index contributed by atoms with van der Waals surface area (Å²) in [5.41, 5.74) is 4.16. The number of hydrazine groups is 1. The van der Waals surface area contributed by atoms with Gasteiger partial charge < -0.3 is 0 Å². The van der Waals surface area contributed by atoms with Crippen LogP contribution in [0.15, 0.2) is 17.8 Å². The van der Waals surface area contributed by atoms with Gasteiger partial charge in [-0.15, -0.1) is 11.3 Å². The van der Waals surface area contributed by atoms with Crippen LogP contribution in [0, 0.1) is 11.8 Å². The zero-order chi connectivity index (χ0) is 12.5. The fourth-order valence-corrected chi connectivity index (χ4v) is 3.92. The summed E-state index contributed by atoms with van der Waals surface area (Å²) in [4.78, 5) is 5.71. The van der Waals surface area contributed by atoms with Crippen LogP contribution in [0.3, 0.4) is 0 Å². The smallest absolute Gasteiger partial charge is 0.193 e. The summed E-state index contributed by atoms with van der Waals surface area (Å²) in [5.74, 6) is 7.21. The molecule has 2 heterocycles. The highest BCUT2D eigenvalue weighted by Gasteiger charge is 2.30. The van der Waals surface area contributed by atoms with Crippen LogP contribution in [-0.4, -0.2) is 15.4 Å². The van der Waals surface area contributed by atoms with Crippen molar-refractivity contribution in [2.24, 2.45) is 17.7 Å². The average molecular weight is 264 g/mol. The maximum Gasteiger partial charge on any atom is 0.193 e. The molecule has 2 aromatic heterocycles. The molecule has 1 fully saturated rings. The van der Waals surface area contributed by atoms with E-state index in [4.69, 9.17) is 5.84 Å². The van der Waals surface area contributed by atoms with Crippen molar-refractivity contribution in [3.05, 3.63) is 23.5 Å². The van der Waals surface area contributed by atoms with E-state index in [1.165, 1.54) is 19.3 Å². The fourth-order valence-electron chi connectivity index (χ4n) is 3.21. The number of thiazole rings is 1. The van der Waals surface area contributed by atoms with Gasteiger partial charge in [-0.2, -0.15) is 0 Å². The molecule has 2 aromatic rings. The van der Waals surface area contributed by atoms with E-state index in [9.17, 15) is 0 Å². The van der Waals surface area contributed by atoms with E-state index in [0.717, 1.165) is 23.0 Å². The first-order valence-electron chi connectivity index (χ1n) is 6.65. The molecule has 0 bridgehead atoms. The van der Waals surface area contributed by atoms with E-state index in [1.807, 2.05) is 0 Å². The molecule has 0 radical (unpaired) electrons. The molecule has 98 valence electrons. The van der Waals surface area contributed by atoms with Crippen molar-refractivity contribution in [3.8, 4) is 0 Å². The maximum absolute atomic E-state index is 5.75. The summed E-state index contributed by atoms with van der Waals surface area (Å²) >= 11 is 1.68. The Labute approximate surface area is 111 Å². The number of hydrogen-bond acceptors (Lipinski definition) is 4. The molecule has 0 spiro atoms. The van der Waals surface area contributed by atoms with Crippen LogP contribution in [-0.2, 0) is 6.42 Å². The van der Waals surface area contributed by atoms with Gasteiger partial charge in [0.25, 0.3) is 0 Å². The minimum Gasteiger partial charge on any atom is -0.297 e. The Kier molecular flexibility index (Phi) is 3.37. The molecule has 18 heavy (non-hydrogen) atoms. The summed E-state index contributed by atoms with van der Waals surface area (Å²) in [5, 5.41) is 2.06. The molecule has 0 saturated heterocycles. The molecule has 0 aliphatic heterocycles. The van der Waals surface area contributed by atoms with E-state index in [1.54, 1.807) is 11.3 Å². The first-order valence-corrected chi connectivity index (χ1v) is 7.53. The number of hydrogen-bond donors (Lipinski definition) is 2. The van der Waals surface area contributed by atoms with Crippen LogP contribution in [0.5, 0.6) is 0 Å². The van der Waals surface area contributed by atoms with Gasteiger partial charge >= 0.3 is 0 Å². The van der Waals surface area contributed by atoms with Gasteiger partial charge in [0.15, 0.2) is 4.96 Å². The number of nitrogens with two attached hydrogens (primary N) is 1. The van der Waals surface area contributed by atoms with Gasteiger partial charge in [-0.3, -0.25) is 15.7 Å².